The molecule has 3 nitrogen and oxygen atoms in total. The first kappa shape index (κ1) is 11.2. The molecule has 15 heavy (non-hydrogen) atoms. The van der Waals surface area contributed by atoms with Gasteiger partial charge in [0.2, 0.25) is 0 Å². The minimum absolute atomic E-state index is 0.613. The highest BCUT2D eigenvalue weighted by molar-refractivity contribution is 9.10. The van der Waals surface area contributed by atoms with Crippen molar-refractivity contribution in [3.63, 3.8) is 0 Å². The molecule has 2 N–H and O–H groups in total. The first-order valence-corrected chi connectivity index (χ1v) is 6.16. The number of nitrogens with two attached hydrogens (primary N) is 1. The van der Waals surface area contributed by atoms with Crippen LogP contribution in [0, 0.1) is 5.92 Å². The predicted molar refractivity (Wildman–Crippen MR) is 63.4 cm³/mol. The molecule has 0 spiro atoms. The molecule has 0 aromatic carbocycles. The largest absolute Gasteiger partial charge is 0.453 e. The zero-order valence-electron chi connectivity index (χ0n) is 8.95. The van der Waals surface area contributed by atoms with Gasteiger partial charge < -0.3 is 10.2 Å². The van der Waals surface area contributed by atoms with Crippen molar-refractivity contribution in [3.05, 3.63) is 22.6 Å². The summed E-state index contributed by atoms with van der Waals surface area (Å²) in [6.07, 6.45) is 1.21. The van der Waals surface area contributed by atoms with E-state index in [-0.39, 0.29) is 0 Å². The molecule has 0 aliphatic carbocycles. The van der Waals surface area contributed by atoms with Crippen LogP contribution in [0.2, 0.25) is 0 Å². The lowest BCUT2D eigenvalue weighted by molar-refractivity contribution is 0.233. The van der Waals surface area contributed by atoms with Crippen molar-refractivity contribution in [2.45, 2.75) is 25.9 Å². The Bertz CT molecular complexity index is 326. The number of rotatable bonds is 3. The maximum Gasteiger partial charge on any atom is 0.169 e. The van der Waals surface area contributed by atoms with E-state index in [9.17, 15) is 0 Å². The lowest BCUT2D eigenvalue weighted by Gasteiger charge is -2.19. The zero-order chi connectivity index (χ0) is 10.8. The Labute approximate surface area is 98.7 Å². The van der Waals surface area contributed by atoms with E-state index in [4.69, 9.17) is 10.2 Å². The van der Waals surface area contributed by atoms with Crippen LogP contribution in [-0.2, 0) is 6.54 Å². The second-order valence-corrected chi connectivity index (χ2v) is 5.10. The summed E-state index contributed by atoms with van der Waals surface area (Å²) in [7, 11) is 0. The summed E-state index contributed by atoms with van der Waals surface area (Å²) in [5.74, 6) is 1.67. The topological polar surface area (TPSA) is 42.4 Å². The molecule has 84 valence electrons. The third-order valence-electron chi connectivity index (χ3n) is 3.11. The summed E-state index contributed by atoms with van der Waals surface area (Å²) < 4.78 is 6.31. The first-order valence-electron chi connectivity index (χ1n) is 5.37. The van der Waals surface area contributed by atoms with Crippen LogP contribution < -0.4 is 5.73 Å². The summed E-state index contributed by atoms with van der Waals surface area (Å²) in [6.45, 7) is 5.04. The van der Waals surface area contributed by atoms with Crippen molar-refractivity contribution >= 4 is 15.9 Å². The van der Waals surface area contributed by atoms with E-state index < -0.39 is 0 Å². The average Bonchev–Trinajstić information content (AvgIpc) is 2.75. The summed E-state index contributed by atoms with van der Waals surface area (Å²) in [4.78, 5) is 2.43. The van der Waals surface area contributed by atoms with E-state index in [1.165, 1.54) is 6.42 Å². The van der Waals surface area contributed by atoms with Gasteiger partial charge in [-0.05, 0) is 53.9 Å². The number of furan rings is 1. The first-order chi connectivity index (χ1) is 7.19. The molecule has 2 atom stereocenters. The van der Waals surface area contributed by atoms with Crippen molar-refractivity contribution in [2.24, 2.45) is 11.7 Å². The van der Waals surface area contributed by atoms with Gasteiger partial charge in [0.05, 0.1) is 6.54 Å². The maximum absolute atomic E-state index is 5.70. The Morgan fingerprint density at radius 2 is 2.40 bits per heavy atom. The molecule has 4 heteroatoms. The van der Waals surface area contributed by atoms with E-state index in [1.807, 2.05) is 12.1 Å². The SMILES string of the molecule is CC1CC(CN)CN1Cc1ccc(Br)o1. The van der Waals surface area contributed by atoms with Gasteiger partial charge in [0.15, 0.2) is 4.67 Å². The molecule has 2 heterocycles. The van der Waals surface area contributed by atoms with Crippen molar-refractivity contribution < 1.29 is 4.42 Å². The molecule has 0 amide bonds. The lowest BCUT2D eigenvalue weighted by atomic mass is 10.1. The van der Waals surface area contributed by atoms with Crippen LogP contribution in [0.25, 0.3) is 0 Å². The fourth-order valence-electron chi connectivity index (χ4n) is 2.25. The van der Waals surface area contributed by atoms with Crippen LogP contribution in [-0.4, -0.2) is 24.0 Å². The van der Waals surface area contributed by atoms with Crippen molar-refractivity contribution in [1.82, 2.24) is 4.90 Å². The number of hydrogen-bond acceptors (Lipinski definition) is 3. The van der Waals surface area contributed by atoms with Crippen LogP contribution in [0.3, 0.4) is 0 Å². The third kappa shape index (κ3) is 2.62. The Hall–Kier alpha value is -0.320. The number of likely N-dealkylation sites (tertiary alicyclic amines) is 1. The van der Waals surface area contributed by atoms with E-state index in [1.54, 1.807) is 0 Å². The van der Waals surface area contributed by atoms with Crippen molar-refractivity contribution in [1.29, 1.82) is 0 Å². The van der Waals surface area contributed by atoms with E-state index in [2.05, 4.69) is 27.8 Å². The van der Waals surface area contributed by atoms with Gasteiger partial charge in [0.1, 0.15) is 5.76 Å². The Morgan fingerprint density at radius 3 is 2.93 bits per heavy atom. The molecule has 2 unspecified atom stereocenters. The molecular formula is C11H17BrN2O. The number of nitrogens with zero attached hydrogens (tertiary/aromatic N) is 1. The summed E-state index contributed by atoms with van der Waals surface area (Å²) in [5, 5.41) is 0. The molecule has 1 aromatic rings. The zero-order valence-corrected chi connectivity index (χ0v) is 10.5. The fraction of sp³-hybridized carbons (Fsp3) is 0.636. The molecule has 1 aliphatic rings. The smallest absolute Gasteiger partial charge is 0.169 e. The van der Waals surface area contributed by atoms with Crippen LogP contribution in [0.5, 0.6) is 0 Å². The monoisotopic (exact) mass is 272 g/mol. The third-order valence-corrected chi connectivity index (χ3v) is 3.54. The van der Waals surface area contributed by atoms with Crippen molar-refractivity contribution in [3.8, 4) is 0 Å². The Kier molecular flexibility index (Phi) is 3.49. The maximum atomic E-state index is 5.70. The molecule has 2 rings (SSSR count). The normalized spacial score (nSPS) is 27.4. The molecule has 0 saturated carbocycles. The van der Waals surface area contributed by atoms with E-state index >= 15 is 0 Å². The van der Waals surface area contributed by atoms with E-state index in [0.29, 0.717) is 12.0 Å². The average molecular weight is 273 g/mol. The van der Waals surface area contributed by atoms with Crippen molar-refractivity contribution in [2.75, 3.05) is 13.1 Å². The van der Waals surface area contributed by atoms with Gasteiger partial charge in [-0.2, -0.15) is 0 Å². The van der Waals surface area contributed by atoms with E-state index in [0.717, 1.165) is 30.1 Å². The van der Waals surface area contributed by atoms with Gasteiger partial charge in [0, 0.05) is 12.6 Å². The number of hydrogen-bond donors (Lipinski definition) is 1. The molecule has 0 radical (unpaired) electrons. The van der Waals surface area contributed by atoms with Gasteiger partial charge in [-0.1, -0.05) is 0 Å². The van der Waals surface area contributed by atoms with Crippen LogP contribution in [0.4, 0.5) is 0 Å². The minimum atomic E-state index is 0.613. The molecule has 1 fully saturated rings. The van der Waals surface area contributed by atoms with Gasteiger partial charge in [-0.25, -0.2) is 0 Å². The molecule has 1 aliphatic heterocycles. The fourth-order valence-corrected chi connectivity index (χ4v) is 2.59. The Morgan fingerprint density at radius 1 is 1.60 bits per heavy atom. The minimum Gasteiger partial charge on any atom is -0.453 e. The number of halogens is 1. The second kappa shape index (κ2) is 4.68. The molecule has 0 bridgehead atoms. The predicted octanol–water partition coefficient (Wildman–Crippen LogP) is 2.21. The van der Waals surface area contributed by atoms with Crippen LogP contribution in [0.15, 0.2) is 21.2 Å². The highest BCUT2D eigenvalue weighted by atomic mass is 79.9. The highest BCUT2D eigenvalue weighted by Gasteiger charge is 2.28. The summed E-state index contributed by atoms with van der Waals surface area (Å²) in [6, 6.07) is 4.57. The molecular weight excluding hydrogens is 256 g/mol. The van der Waals surface area contributed by atoms with Gasteiger partial charge in [-0.15, -0.1) is 0 Å². The second-order valence-electron chi connectivity index (χ2n) is 4.32. The molecule has 1 saturated heterocycles. The van der Waals surface area contributed by atoms with Gasteiger partial charge in [0.25, 0.3) is 0 Å². The van der Waals surface area contributed by atoms with Crippen LogP contribution in [0.1, 0.15) is 19.1 Å². The summed E-state index contributed by atoms with van der Waals surface area (Å²) >= 11 is 3.32. The van der Waals surface area contributed by atoms with Crippen LogP contribution >= 0.6 is 15.9 Å². The standard InChI is InChI=1S/C11H17BrN2O/c1-8-4-9(5-13)6-14(8)7-10-2-3-11(12)15-10/h2-3,8-9H,4-7,13H2,1H3. The summed E-state index contributed by atoms with van der Waals surface area (Å²) in [5.41, 5.74) is 5.70. The van der Waals surface area contributed by atoms with Gasteiger partial charge in [-0.3, -0.25) is 4.90 Å². The lowest BCUT2D eigenvalue weighted by Crippen LogP contribution is -2.27. The highest BCUT2D eigenvalue weighted by Crippen LogP contribution is 2.25. The van der Waals surface area contributed by atoms with Gasteiger partial charge >= 0.3 is 0 Å². The molecule has 1 aromatic heterocycles. The quantitative estimate of drug-likeness (QED) is 0.918. The Balaban J connectivity index is 1.95.